The summed E-state index contributed by atoms with van der Waals surface area (Å²) >= 11 is -1.80. The first-order chi connectivity index (χ1) is 8.52. The SMILES string of the molecule is C/C(=[CH]\[Sn]([CH3])([CH3])[CH3])CC#CC[C@@]1(C)COC(C)(C)O1. The Morgan fingerprint density at radius 2 is 1.84 bits per heavy atom. The number of hydrogen-bond donors (Lipinski definition) is 0. The van der Waals surface area contributed by atoms with Gasteiger partial charge in [-0.15, -0.1) is 0 Å². The van der Waals surface area contributed by atoms with Crippen LogP contribution in [0.4, 0.5) is 0 Å². The molecule has 1 atom stereocenters. The summed E-state index contributed by atoms with van der Waals surface area (Å²) in [7, 11) is 0. The van der Waals surface area contributed by atoms with E-state index in [0.29, 0.717) is 6.61 Å². The van der Waals surface area contributed by atoms with Gasteiger partial charge in [0.1, 0.15) is 0 Å². The van der Waals surface area contributed by atoms with Crippen LogP contribution in [0.2, 0.25) is 14.8 Å². The molecular weight excluding hydrogens is 343 g/mol. The van der Waals surface area contributed by atoms with Crippen molar-refractivity contribution in [2.75, 3.05) is 6.61 Å². The van der Waals surface area contributed by atoms with Gasteiger partial charge in [0.25, 0.3) is 0 Å². The van der Waals surface area contributed by atoms with Crippen LogP contribution in [0.1, 0.15) is 40.5 Å². The summed E-state index contributed by atoms with van der Waals surface area (Å²) in [5.41, 5.74) is 1.17. The Labute approximate surface area is 122 Å². The van der Waals surface area contributed by atoms with Gasteiger partial charge in [0.05, 0.1) is 0 Å². The number of ether oxygens (including phenoxy) is 2. The molecule has 0 bridgehead atoms. The Balaban J connectivity index is 2.47. The first kappa shape index (κ1) is 17.1. The van der Waals surface area contributed by atoms with Gasteiger partial charge in [-0.1, -0.05) is 0 Å². The topological polar surface area (TPSA) is 18.5 Å². The Hall–Kier alpha value is 0.0187. The van der Waals surface area contributed by atoms with Crippen LogP contribution in [0.5, 0.6) is 0 Å². The summed E-state index contributed by atoms with van der Waals surface area (Å²) in [6.45, 7) is 8.80. The molecule has 0 aromatic rings. The molecule has 1 aliphatic rings. The Morgan fingerprint density at radius 3 is 2.32 bits per heavy atom. The van der Waals surface area contributed by atoms with Crippen molar-refractivity contribution < 1.29 is 9.47 Å². The molecule has 0 N–H and O–H groups in total. The third-order valence-corrected chi connectivity index (χ3v) is 6.73. The molecule has 0 aromatic carbocycles. The van der Waals surface area contributed by atoms with Crippen molar-refractivity contribution >= 4 is 18.4 Å². The molecule has 0 radical (unpaired) electrons. The van der Waals surface area contributed by atoms with Crippen LogP contribution in [0.15, 0.2) is 9.67 Å². The van der Waals surface area contributed by atoms with Crippen molar-refractivity contribution in [1.29, 1.82) is 0 Å². The maximum absolute atomic E-state index is 5.89. The van der Waals surface area contributed by atoms with Gasteiger partial charge in [-0.2, -0.15) is 0 Å². The minimum atomic E-state index is -1.80. The van der Waals surface area contributed by atoms with Crippen molar-refractivity contribution in [1.82, 2.24) is 0 Å². The first-order valence-electron chi connectivity index (χ1n) is 7.00. The summed E-state index contributed by atoms with van der Waals surface area (Å²) in [6.07, 6.45) is 1.62. The van der Waals surface area contributed by atoms with E-state index in [1.807, 2.05) is 13.8 Å². The van der Waals surface area contributed by atoms with Gasteiger partial charge in [0.15, 0.2) is 0 Å². The van der Waals surface area contributed by atoms with Crippen molar-refractivity contribution in [2.24, 2.45) is 0 Å². The molecule has 0 unspecified atom stereocenters. The first-order valence-corrected chi connectivity index (χ1v) is 17.2. The Bertz CT molecular complexity index is 407. The molecule has 19 heavy (non-hydrogen) atoms. The maximum atomic E-state index is 5.89. The molecule has 2 nitrogen and oxygen atoms in total. The van der Waals surface area contributed by atoms with E-state index in [-0.39, 0.29) is 5.60 Å². The van der Waals surface area contributed by atoms with Gasteiger partial charge in [-0.05, 0) is 0 Å². The monoisotopic (exact) mass is 372 g/mol. The van der Waals surface area contributed by atoms with Crippen LogP contribution in [0.25, 0.3) is 0 Å². The molecule has 0 amide bonds. The number of allylic oxidation sites excluding steroid dienone is 1. The van der Waals surface area contributed by atoms with Crippen LogP contribution in [0, 0.1) is 11.8 Å². The second-order valence-electron chi connectivity index (χ2n) is 7.30. The van der Waals surface area contributed by atoms with E-state index in [9.17, 15) is 0 Å². The van der Waals surface area contributed by atoms with Gasteiger partial charge < -0.3 is 0 Å². The average Bonchev–Trinajstić information content (AvgIpc) is 2.46. The minimum absolute atomic E-state index is 0.253. The fraction of sp³-hybridized carbons (Fsp3) is 0.750. The van der Waals surface area contributed by atoms with Gasteiger partial charge >= 0.3 is 123 Å². The van der Waals surface area contributed by atoms with Crippen LogP contribution >= 0.6 is 0 Å². The molecule has 3 heteroatoms. The molecule has 1 fully saturated rings. The number of rotatable bonds is 3. The predicted molar refractivity (Wildman–Crippen MR) is 83.6 cm³/mol. The predicted octanol–water partition coefficient (Wildman–Crippen LogP) is 4.14. The Morgan fingerprint density at radius 1 is 1.21 bits per heavy atom. The van der Waals surface area contributed by atoms with E-state index < -0.39 is 24.2 Å². The second-order valence-corrected chi connectivity index (χ2v) is 21.6. The van der Waals surface area contributed by atoms with Gasteiger partial charge in [-0.25, -0.2) is 0 Å². The molecule has 1 rings (SSSR count). The summed E-state index contributed by atoms with van der Waals surface area (Å²) < 4.78 is 14.0. The summed E-state index contributed by atoms with van der Waals surface area (Å²) in [6, 6.07) is 0. The summed E-state index contributed by atoms with van der Waals surface area (Å²) in [5, 5.41) is 0. The second kappa shape index (κ2) is 6.20. The molecule has 0 aromatic heterocycles. The zero-order chi connectivity index (χ0) is 14.7. The van der Waals surface area contributed by atoms with Gasteiger partial charge in [-0.3, -0.25) is 0 Å². The normalized spacial score (nSPS) is 27.0. The molecule has 1 aliphatic heterocycles. The molecule has 0 spiro atoms. The zero-order valence-corrected chi connectivity index (χ0v) is 16.4. The van der Waals surface area contributed by atoms with E-state index in [0.717, 1.165) is 12.8 Å². The zero-order valence-electron chi connectivity index (χ0n) is 13.5. The van der Waals surface area contributed by atoms with Crippen LogP contribution in [-0.4, -0.2) is 36.4 Å². The van der Waals surface area contributed by atoms with E-state index in [1.165, 1.54) is 5.57 Å². The fourth-order valence-corrected chi connectivity index (χ4v) is 6.82. The van der Waals surface area contributed by atoms with E-state index in [2.05, 4.69) is 44.6 Å². The molecule has 1 saturated heterocycles. The molecule has 0 aliphatic carbocycles. The van der Waals surface area contributed by atoms with Crippen molar-refractivity contribution in [3.63, 3.8) is 0 Å². The fourth-order valence-electron chi connectivity index (χ4n) is 2.31. The number of hydrogen-bond acceptors (Lipinski definition) is 2. The van der Waals surface area contributed by atoms with Crippen LogP contribution in [-0.2, 0) is 9.47 Å². The van der Waals surface area contributed by atoms with Crippen molar-refractivity contribution in [2.45, 2.75) is 66.7 Å². The van der Waals surface area contributed by atoms with E-state index in [4.69, 9.17) is 9.47 Å². The van der Waals surface area contributed by atoms with Crippen LogP contribution in [0.3, 0.4) is 0 Å². The summed E-state index contributed by atoms with van der Waals surface area (Å²) in [4.78, 5) is 7.25. The standard InChI is InChI=1S/C13H19O2.3CH3.Sn/c1-11(2)8-6-7-9-13(5)10-14-12(3,4)15-13;;;;/h1H,8-10H2,2-5H3;3*1H3;/t13-;;;;/m0..../s1. The Kier molecular flexibility index (Phi) is 5.57. The third-order valence-electron chi connectivity index (χ3n) is 2.85. The molecule has 0 saturated carbocycles. The third kappa shape index (κ3) is 6.83. The van der Waals surface area contributed by atoms with Crippen molar-refractivity contribution in [3.05, 3.63) is 9.67 Å². The molecular formula is C16H28O2Sn. The quantitative estimate of drug-likeness (QED) is 0.549. The van der Waals surface area contributed by atoms with Crippen LogP contribution < -0.4 is 0 Å². The van der Waals surface area contributed by atoms with E-state index in [1.54, 1.807) is 0 Å². The average molecular weight is 371 g/mol. The van der Waals surface area contributed by atoms with Crippen molar-refractivity contribution in [3.8, 4) is 11.8 Å². The molecule has 108 valence electrons. The van der Waals surface area contributed by atoms with Gasteiger partial charge in [0, 0.05) is 0 Å². The van der Waals surface area contributed by atoms with E-state index >= 15 is 0 Å². The molecule has 1 heterocycles. The summed E-state index contributed by atoms with van der Waals surface area (Å²) in [5.74, 6) is 6.05. The van der Waals surface area contributed by atoms with Gasteiger partial charge in [0.2, 0.25) is 0 Å².